The van der Waals surface area contributed by atoms with Gasteiger partial charge < -0.3 is 14.6 Å². The molecule has 1 aliphatic heterocycles. The summed E-state index contributed by atoms with van der Waals surface area (Å²) in [6.45, 7) is 4.53. The fraction of sp³-hybridized carbons (Fsp3) is 0.462. The van der Waals surface area contributed by atoms with Crippen molar-refractivity contribution in [3.63, 3.8) is 0 Å². The summed E-state index contributed by atoms with van der Waals surface area (Å²) >= 11 is 3.31. The lowest BCUT2D eigenvalue weighted by Crippen LogP contribution is -2.38. The Morgan fingerprint density at radius 2 is 2.16 bits per heavy atom. The highest BCUT2D eigenvalue weighted by Crippen LogP contribution is 2.23. The predicted octanol–water partition coefficient (Wildman–Crippen LogP) is 1.86. The first kappa shape index (κ1) is 14.3. The molecule has 0 saturated carbocycles. The lowest BCUT2D eigenvalue weighted by Gasteiger charge is -2.26. The number of morpholine rings is 1. The highest BCUT2D eigenvalue weighted by atomic mass is 79.9. The first-order chi connectivity index (χ1) is 9.16. The van der Waals surface area contributed by atoms with Crippen molar-refractivity contribution in [1.82, 2.24) is 4.90 Å². The summed E-state index contributed by atoms with van der Waals surface area (Å²) in [5.74, 6) is -0.580. The van der Waals surface area contributed by atoms with Crippen molar-refractivity contribution in [1.29, 1.82) is 0 Å². The minimum atomic E-state index is -0.978. The molecular formula is C13H16BrNO4. The second-order valence-corrected chi connectivity index (χ2v) is 5.16. The molecule has 6 heteroatoms. The van der Waals surface area contributed by atoms with Crippen LogP contribution in [0.1, 0.15) is 10.4 Å². The number of ether oxygens (including phenoxy) is 2. The van der Waals surface area contributed by atoms with Crippen molar-refractivity contribution >= 4 is 21.9 Å². The van der Waals surface area contributed by atoms with Crippen LogP contribution in [0.15, 0.2) is 22.7 Å². The molecule has 1 aromatic rings. The Morgan fingerprint density at radius 1 is 1.42 bits per heavy atom. The van der Waals surface area contributed by atoms with E-state index in [1.54, 1.807) is 12.1 Å². The Labute approximate surface area is 120 Å². The fourth-order valence-electron chi connectivity index (χ4n) is 1.90. The minimum absolute atomic E-state index is 0.185. The van der Waals surface area contributed by atoms with E-state index in [4.69, 9.17) is 14.6 Å². The van der Waals surface area contributed by atoms with Gasteiger partial charge in [-0.15, -0.1) is 0 Å². The second kappa shape index (κ2) is 6.88. The highest BCUT2D eigenvalue weighted by Gasteiger charge is 2.13. The number of halogens is 1. The first-order valence-electron chi connectivity index (χ1n) is 6.12. The molecule has 0 spiro atoms. The summed E-state index contributed by atoms with van der Waals surface area (Å²) in [4.78, 5) is 13.3. The third-order valence-corrected chi connectivity index (χ3v) is 3.44. The number of carbonyl (C=O) groups is 1. The Kier molecular flexibility index (Phi) is 5.18. The quantitative estimate of drug-likeness (QED) is 0.893. The molecule has 0 atom stereocenters. The highest BCUT2D eigenvalue weighted by molar-refractivity contribution is 9.10. The van der Waals surface area contributed by atoms with Crippen molar-refractivity contribution in [2.75, 3.05) is 39.5 Å². The fourth-order valence-corrected chi connectivity index (χ4v) is 2.24. The standard InChI is InChI=1S/C13H16BrNO4/c14-10-1-2-11(13(16)17)12(9-10)19-8-5-15-3-6-18-7-4-15/h1-2,9H,3-8H2,(H,16,17). The van der Waals surface area contributed by atoms with Gasteiger partial charge in [0.2, 0.25) is 0 Å². The molecule has 1 fully saturated rings. The molecule has 1 saturated heterocycles. The maximum absolute atomic E-state index is 11.1. The topological polar surface area (TPSA) is 59.0 Å². The maximum atomic E-state index is 11.1. The van der Waals surface area contributed by atoms with Gasteiger partial charge in [0, 0.05) is 24.1 Å². The molecule has 0 bridgehead atoms. The van der Waals surface area contributed by atoms with Crippen LogP contribution in [0.25, 0.3) is 0 Å². The Hall–Kier alpha value is -1.11. The molecule has 0 radical (unpaired) electrons. The van der Waals surface area contributed by atoms with E-state index in [1.165, 1.54) is 6.07 Å². The van der Waals surface area contributed by atoms with Gasteiger partial charge in [-0.1, -0.05) is 15.9 Å². The first-order valence-corrected chi connectivity index (χ1v) is 6.92. The van der Waals surface area contributed by atoms with Crippen molar-refractivity contribution in [2.45, 2.75) is 0 Å². The number of aromatic carboxylic acids is 1. The molecule has 104 valence electrons. The molecule has 1 aromatic carbocycles. The van der Waals surface area contributed by atoms with E-state index in [9.17, 15) is 4.79 Å². The van der Waals surface area contributed by atoms with Crippen LogP contribution >= 0.6 is 15.9 Å². The van der Waals surface area contributed by atoms with E-state index in [2.05, 4.69) is 20.8 Å². The number of nitrogens with zero attached hydrogens (tertiary/aromatic N) is 1. The van der Waals surface area contributed by atoms with Crippen molar-refractivity contribution in [3.05, 3.63) is 28.2 Å². The van der Waals surface area contributed by atoms with Gasteiger partial charge in [-0.3, -0.25) is 4.90 Å². The van der Waals surface area contributed by atoms with Crippen LogP contribution in [0.4, 0.5) is 0 Å². The minimum Gasteiger partial charge on any atom is -0.491 e. The number of hydrogen-bond acceptors (Lipinski definition) is 4. The molecule has 0 aliphatic carbocycles. The van der Waals surface area contributed by atoms with Crippen molar-refractivity contribution in [2.24, 2.45) is 0 Å². The molecule has 0 amide bonds. The van der Waals surface area contributed by atoms with Gasteiger partial charge in [0.1, 0.15) is 17.9 Å². The Balaban J connectivity index is 1.91. The SMILES string of the molecule is O=C(O)c1ccc(Br)cc1OCCN1CCOCC1. The third kappa shape index (κ3) is 4.19. The van der Waals surface area contributed by atoms with E-state index >= 15 is 0 Å². The van der Waals surface area contributed by atoms with Crippen LogP contribution in [-0.2, 0) is 4.74 Å². The largest absolute Gasteiger partial charge is 0.491 e. The van der Waals surface area contributed by atoms with Gasteiger partial charge in [-0.05, 0) is 18.2 Å². The lowest BCUT2D eigenvalue weighted by molar-refractivity contribution is 0.0321. The van der Waals surface area contributed by atoms with Crippen LogP contribution < -0.4 is 4.74 Å². The van der Waals surface area contributed by atoms with Crippen LogP contribution in [0.3, 0.4) is 0 Å². The molecule has 2 rings (SSSR count). The van der Waals surface area contributed by atoms with E-state index in [-0.39, 0.29) is 5.56 Å². The van der Waals surface area contributed by atoms with Crippen molar-refractivity contribution < 1.29 is 19.4 Å². The summed E-state index contributed by atoms with van der Waals surface area (Å²) in [6.07, 6.45) is 0. The number of carboxylic acids is 1. The normalized spacial score (nSPS) is 16.3. The van der Waals surface area contributed by atoms with E-state index in [0.29, 0.717) is 12.4 Å². The van der Waals surface area contributed by atoms with Crippen molar-refractivity contribution in [3.8, 4) is 5.75 Å². The predicted molar refractivity (Wildman–Crippen MR) is 73.9 cm³/mol. The number of rotatable bonds is 5. The summed E-state index contributed by atoms with van der Waals surface area (Å²) in [6, 6.07) is 4.91. The van der Waals surface area contributed by atoms with E-state index < -0.39 is 5.97 Å². The zero-order valence-electron chi connectivity index (χ0n) is 10.5. The molecule has 5 nitrogen and oxygen atoms in total. The zero-order valence-corrected chi connectivity index (χ0v) is 12.1. The number of carboxylic acid groups (broad SMARTS) is 1. The molecule has 0 unspecified atom stereocenters. The van der Waals surface area contributed by atoms with Gasteiger partial charge >= 0.3 is 5.97 Å². The molecular weight excluding hydrogens is 314 g/mol. The molecule has 1 heterocycles. The Morgan fingerprint density at radius 3 is 2.84 bits per heavy atom. The van der Waals surface area contributed by atoms with Gasteiger partial charge in [0.25, 0.3) is 0 Å². The molecule has 1 aliphatic rings. The number of hydrogen-bond donors (Lipinski definition) is 1. The van der Waals surface area contributed by atoms with E-state index in [1.807, 2.05) is 0 Å². The van der Waals surface area contributed by atoms with E-state index in [0.717, 1.165) is 37.3 Å². The van der Waals surface area contributed by atoms with Gasteiger partial charge in [-0.25, -0.2) is 4.79 Å². The van der Waals surface area contributed by atoms with Gasteiger partial charge in [-0.2, -0.15) is 0 Å². The third-order valence-electron chi connectivity index (χ3n) is 2.94. The van der Waals surface area contributed by atoms with Gasteiger partial charge in [0.15, 0.2) is 0 Å². The lowest BCUT2D eigenvalue weighted by atomic mass is 10.2. The van der Waals surface area contributed by atoms with Crippen LogP contribution in [0.2, 0.25) is 0 Å². The van der Waals surface area contributed by atoms with Crippen LogP contribution in [-0.4, -0.2) is 55.4 Å². The maximum Gasteiger partial charge on any atom is 0.339 e. The molecule has 1 N–H and O–H groups in total. The Bertz CT molecular complexity index is 446. The average Bonchev–Trinajstić information content (AvgIpc) is 2.39. The smallest absolute Gasteiger partial charge is 0.339 e. The van der Waals surface area contributed by atoms with Crippen LogP contribution in [0, 0.1) is 0 Å². The molecule has 0 aromatic heterocycles. The monoisotopic (exact) mass is 329 g/mol. The summed E-state index contributed by atoms with van der Waals surface area (Å²) in [7, 11) is 0. The molecule has 19 heavy (non-hydrogen) atoms. The second-order valence-electron chi connectivity index (χ2n) is 4.25. The number of benzene rings is 1. The average molecular weight is 330 g/mol. The summed E-state index contributed by atoms with van der Waals surface area (Å²) < 4.78 is 11.7. The van der Waals surface area contributed by atoms with Crippen LogP contribution in [0.5, 0.6) is 5.75 Å². The van der Waals surface area contributed by atoms with Gasteiger partial charge in [0.05, 0.1) is 13.2 Å². The summed E-state index contributed by atoms with van der Waals surface area (Å²) in [5.41, 5.74) is 0.185. The summed E-state index contributed by atoms with van der Waals surface area (Å²) in [5, 5.41) is 9.08. The zero-order chi connectivity index (χ0) is 13.7.